The van der Waals surface area contributed by atoms with Crippen molar-refractivity contribution in [2.75, 3.05) is 6.54 Å². The maximum Gasteiger partial charge on any atom is 0.277 e. The van der Waals surface area contributed by atoms with Gasteiger partial charge in [0.1, 0.15) is 0 Å². The van der Waals surface area contributed by atoms with Crippen LogP contribution in [0.4, 0.5) is 5.69 Å². The smallest absolute Gasteiger partial charge is 0.277 e. The molecule has 4 nitrogen and oxygen atoms in total. The van der Waals surface area contributed by atoms with Gasteiger partial charge >= 0.3 is 0 Å². The molecule has 1 aliphatic carbocycles. The molecule has 1 aromatic rings. The van der Waals surface area contributed by atoms with E-state index in [2.05, 4.69) is 31.8 Å². The van der Waals surface area contributed by atoms with Crippen molar-refractivity contribution in [1.29, 1.82) is 0 Å². The molecule has 4 heteroatoms. The molecule has 0 radical (unpaired) electrons. The lowest BCUT2D eigenvalue weighted by Gasteiger charge is -2.19. The van der Waals surface area contributed by atoms with Crippen LogP contribution >= 0.6 is 0 Å². The van der Waals surface area contributed by atoms with Gasteiger partial charge in [-0.1, -0.05) is 32.9 Å². The zero-order chi connectivity index (χ0) is 15.2. The number of benzene rings is 1. The van der Waals surface area contributed by atoms with Crippen LogP contribution < -0.4 is 0 Å². The summed E-state index contributed by atoms with van der Waals surface area (Å²) in [7, 11) is 0. The lowest BCUT2D eigenvalue weighted by atomic mass is 9.85. The van der Waals surface area contributed by atoms with Gasteiger partial charge in [0.05, 0.1) is 10.5 Å². The van der Waals surface area contributed by atoms with E-state index < -0.39 is 0 Å². The van der Waals surface area contributed by atoms with Gasteiger partial charge in [0.2, 0.25) is 0 Å². The van der Waals surface area contributed by atoms with Crippen LogP contribution in [0.15, 0.2) is 29.3 Å². The van der Waals surface area contributed by atoms with Crippen LogP contribution in [0.1, 0.15) is 38.3 Å². The molecule has 2 aliphatic rings. The highest BCUT2D eigenvalue weighted by Crippen LogP contribution is 2.43. The number of nitrogens with zero attached hydrogens (tertiary/aromatic N) is 2. The summed E-state index contributed by atoms with van der Waals surface area (Å²) < 4.78 is 0. The summed E-state index contributed by atoms with van der Waals surface area (Å²) in [5.74, 6) is 1.19. The van der Waals surface area contributed by atoms with Crippen molar-refractivity contribution in [1.82, 2.24) is 0 Å². The third-order valence-electron chi connectivity index (χ3n) is 4.31. The van der Waals surface area contributed by atoms with Crippen molar-refractivity contribution in [3.05, 3.63) is 45.5 Å². The molecule has 1 saturated carbocycles. The second-order valence-corrected chi connectivity index (χ2v) is 7.01. The first kappa shape index (κ1) is 14.0. The predicted octanol–water partition coefficient (Wildman–Crippen LogP) is 4.00. The first-order valence-corrected chi connectivity index (χ1v) is 7.37. The minimum absolute atomic E-state index is 0.100. The van der Waals surface area contributed by atoms with Gasteiger partial charge in [0.15, 0.2) is 0 Å². The zero-order valence-corrected chi connectivity index (χ0v) is 12.7. The number of hydrogen-bond acceptors (Lipinski definition) is 3. The number of fused-ring (bicyclic) bond motifs is 1. The number of aliphatic imine (C=N–C) groups is 1. The maximum absolute atomic E-state index is 11.5. The highest BCUT2D eigenvalue weighted by atomic mass is 16.6. The van der Waals surface area contributed by atoms with Gasteiger partial charge in [-0.3, -0.25) is 15.1 Å². The Labute approximate surface area is 124 Å². The maximum atomic E-state index is 11.5. The molecule has 0 N–H and O–H groups in total. The van der Waals surface area contributed by atoms with Gasteiger partial charge < -0.3 is 0 Å². The fraction of sp³-hybridized carbons (Fsp3) is 0.471. The number of allylic oxidation sites excluding steroid dienone is 2. The SMILES string of the molecule is CC(C)(C)c1ccc(C2=CC3CC3CN=C2)c([N+](=O)[O-])c1. The summed E-state index contributed by atoms with van der Waals surface area (Å²) in [5, 5.41) is 11.5. The first-order chi connectivity index (χ1) is 9.86. The summed E-state index contributed by atoms with van der Waals surface area (Å²) in [6.07, 6.45) is 5.11. The van der Waals surface area contributed by atoms with E-state index in [9.17, 15) is 10.1 Å². The van der Waals surface area contributed by atoms with E-state index in [0.717, 1.165) is 24.1 Å². The number of nitro groups is 1. The van der Waals surface area contributed by atoms with Crippen molar-refractivity contribution in [2.45, 2.75) is 32.6 Å². The number of nitro benzene ring substituents is 1. The molecule has 0 bridgehead atoms. The summed E-state index contributed by atoms with van der Waals surface area (Å²) >= 11 is 0. The van der Waals surface area contributed by atoms with Crippen LogP contribution in [-0.4, -0.2) is 17.7 Å². The Bertz CT molecular complexity index is 653. The van der Waals surface area contributed by atoms with Crippen molar-refractivity contribution in [2.24, 2.45) is 16.8 Å². The standard InChI is InChI=1S/C17H20N2O2/c1-17(2,3)14-4-5-15(16(8-14)19(20)21)13-7-11-6-12(11)9-18-10-13/h4-5,7-8,10-12H,6,9H2,1-3H3. The second-order valence-electron chi connectivity index (χ2n) is 7.01. The van der Waals surface area contributed by atoms with Crippen LogP contribution in [-0.2, 0) is 5.41 Å². The Morgan fingerprint density at radius 3 is 2.76 bits per heavy atom. The van der Waals surface area contributed by atoms with E-state index in [-0.39, 0.29) is 16.0 Å². The second kappa shape index (κ2) is 4.79. The molecule has 21 heavy (non-hydrogen) atoms. The van der Waals surface area contributed by atoms with E-state index >= 15 is 0 Å². The van der Waals surface area contributed by atoms with Gasteiger partial charge in [-0.2, -0.15) is 0 Å². The first-order valence-electron chi connectivity index (χ1n) is 7.37. The minimum atomic E-state index is -0.283. The Balaban J connectivity index is 2.08. The summed E-state index contributed by atoms with van der Waals surface area (Å²) in [6, 6.07) is 5.57. The van der Waals surface area contributed by atoms with E-state index in [0.29, 0.717) is 17.4 Å². The van der Waals surface area contributed by atoms with Crippen LogP contribution in [0.25, 0.3) is 5.57 Å². The molecule has 0 aromatic heterocycles. The van der Waals surface area contributed by atoms with E-state index in [4.69, 9.17) is 0 Å². The molecule has 1 heterocycles. The van der Waals surface area contributed by atoms with Crippen LogP contribution in [0.5, 0.6) is 0 Å². The zero-order valence-electron chi connectivity index (χ0n) is 12.7. The molecule has 0 saturated heterocycles. The third-order valence-corrected chi connectivity index (χ3v) is 4.31. The van der Waals surface area contributed by atoms with Gasteiger partial charge in [-0.05, 0) is 35.3 Å². The highest BCUT2D eigenvalue weighted by Gasteiger charge is 2.36. The van der Waals surface area contributed by atoms with Gasteiger partial charge in [0, 0.05) is 24.4 Å². The third kappa shape index (κ3) is 2.75. The molecule has 1 fully saturated rings. The van der Waals surface area contributed by atoms with E-state index in [1.807, 2.05) is 12.1 Å². The van der Waals surface area contributed by atoms with Gasteiger partial charge in [-0.25, -0.2) is 0 Å². The minimum Gasteiger partial charge on any atom is -0.292 e. The van der Waals surface area contributed by atoms with Crippen molar-refractivity contribution in [3.63, 3.8) is 0 Å². The number of rotatable bonds is 2. The molecule has 2 unspecified atom stereocenters. The van der Waals surface area contributed by atoms with Gasteiger partial charge in [-0.15, -0.1) is 0 Å². The molecule has 3 rings (SSSR count). The average molecular weight is 284 g/mol. The molecule has 1 aromatic carbocycles. The van der Waals surface area contributed by atoms with Gasteiger partial charge in [0.25, 0.3) is 5.69 Å². The van der Waals surface area contributed by atoms with Crippen molar-refractivity contribution in [3.8, 4) is 0 Å². The summed E-state index contributed by atoms with van der Waals surface area (Å²) in [5.41, 5.74) is 2.64. The normalized spacial score (nSPS) is 24.0. The molecule has 2 atom stereocenters. The number of hydrogen-bond donors (Lipinski definition) is 0. The van der Waals surface area contributed by atoms with E-state index in [1.165, 1.54) is 0 Å². The van der Waals surface area contributed by atoms with E-state index in [1.54, 1.807) is 12.3 Å². The quantitative estimate of drug-likeness (QED) is 0.609. The average Bonchev–Trinajstić information content (AvgIpc) is 3.14. The Kier molecular flexibility index (Phi) is 3.19. The molecule has 0 amide bonds. The van der Waals surface area contributed by atoms with Crippen LogP contribution in [0.3, 0.4) is 0 Å². The lowest BCUT2D eigenvalue weighted by molar-refractivity contribution is -0.385. The molecule has 110 valence electrons. The lowest BCUT2D eigenvalue weighted by Crippen LogP contribution is -2.12. The molecular formula is C17H20N2O2. The van der Waals surface area contributed by atoms with Crippen LogP contribution in [0.2, 0.25) is 0 Å². The molecular weight excluding hydrogens is 264 g/mol. The Morgan fingerprint density at radius 2 is 2.10 bits per heavy atom. The fourth-order valence-corrected chi connectivity index (χ4v) is 2.80. The Morgan fingerprint density at radius 1 is 1.33 bits per heavy atom. The topological polar surface area (TPSA) is 55.5 Å². The highest BCUT2D eigenvalue weighted by molar-refractivity contribution is 6.11. The molecule has 0 spiro atoms. The molecule has 1 aliphatic heterocycles. The summed E-state index contributed by atoms with van der Waals surface area (Å²) in [4.78, 5) is 15.6. The summed E-state index contributed by atoms with van der Waals surface area (Å²) in [6.45, 7) is 7.03. The predicted molar refractivity (Wildman–Crippen MR) is 84.7 cm³/mol. The Hall–Kier alpha value is -1.97. The monoisotopic (exact) mass is 284 g/mol. The van der Waals surface area contributed by atoms with Crippen molar-refractivity contribution >= 4 is 17.5 Å². The largest absolute Gasteiger partial charge is 0.292 e. The fourth-order valence-electron chi connectivity index (χ4n) is 2.80. The van der Waals surface area contributed by atoms with Crippen LogP contribution in [0, 0.1) is 22.0 Å². The van der Waals surface area contributed by atoms with Crippen molar-refractivity contribution < 1.29 is 4.92 Å².